The van der Waals surface area contributed by atoms with Crippen LogP contribution in [0, 0.1) is 19.7 Å². The number of benzene rings is 1. The summed E-state index contributed by atoms with van der Waals surface area (Å²) in [7, 11) is 0. The third-order valence-corrected chi connectivity index (χ3v) is 6.02. The van der Waals surface area contributed by atoms with E-state index in [9.17, 15) is 4.39 Å². The molecule has 32 heavy (non-hydrogen) atoms. The maximum Gasteiger partial charge on any atom is 0.229 e. The molecule has 0 bridgehead atoms. The predicted molar refractivity (Wildman–Crippen MR) is 124 cm³/mol. The van der Waals surface area contributed by atoms with Gasteiger partial charge in [0.05, 0.1) is 18.5 Å². The number of aliphatic hydroxyl groups is 1. The number of anilines is 4. The van der Waals surface area contributed by atoms with Crippen molar-refractivity contribution >= 4 is 34.9 Å². The highest BCUT2D eigenvalue weighted by Gasteiger charge is 2.23. The van der Waals surface area contributed by atoms with Crippen LogP contribution in [-0.2, 0) is 0 Å². The Morgan fingerprint density at radius 1 is 1.22 bits per heavy atom. The predicted octanol–water partition coefficient (Wildman–Crippen LogP) is 4.27. The van der Waals surface area contributed by atoms with Crippen molar-refractivity contribution in [3.05, 3.63) is 52.1 Å². The van der Waals surface area contributed by atoms with Gasteiger partial charge in [-0.05, 0) is 69.0 Å². The normalized spacial score (nSPS) is 15.2. The van der Waals surface area contributed by atoms with Crippen LogP contribution in [0.2, 0.25) is 5.02 Å². The molecule has 2 aromatic heterocycles. The monoisotopic (exact) mass is 459 g/mol. The number of β-amino-alcohol motifs (C(OH)–C–C–N with tert-alkyl or cyclic N) is 1. The van der Waals surface area contributed by atoms with Crippen LogP contribution in [0.5, 0.6) is 0 Å². The number of aromatic amines is 1. The molecular weight excluding hydrogens is 433 g/mol. The molecule has 1 fully saturated rings. The first-order chi connectivity index (χ1) is 15.4. The Hall–Kier alpha value is -2.75. The summed E-state index contributed by atoms with van der Waals surface area (Å²) in [5, 5.41) is 22.4. The lowest BCUT2D eigenvalue weighted by molar-refractivity contribution is 0.164. The second kappa shape index (κ2) is 9.81. The number of hydrogen-bond donors (Lipinski definition) is 4. The van der Waals surface area contributed by atoms with Gasteiger partial charge in [0.2, 0.25) is 5.95 Å². The maximum atomic E-state index is 15.0. The highest BCUT2D eigenvalue weighted by molar-refractivity contribution is 6.32. The Morgan fingerprint density at radius 2 is 2.00 bits per heavy atom. The van der Waals surface area contributed by atoms with Crippen LogP contribution < -0.4 is 10.6 Å². The number of nitrogens with one attached hydrogen (secondary N) is 3. The number of aliphatic hydroxyl groups excluding tert-OH is 1. The van der Waals surface area contributed by atoms with E-state index in [1.54, 1.807) is 12.1 Å². The van der Waals surface area contributed by atoms with Crippen molar-refractivity contribution in [2.45, 2.75) is 32.6 Å². The van der Waals surface area contributed by atoms with Crippen LogP contribution >= 0.6 is 11.6 Å². The molecule has 0 spiro atoms. The second-order valence-electron chi connectivity index (χ2n) is 8.10. The van der Waals surface area contributed by atoms with E-state index in [0.29, 0.717) is 34.8 Å². The van der Waals surface area contributed by atoms with Crippen molar-refractivity contribution in [2.24, 2.45) is 0 Å². The van der Waals surface area contributed by atoms with Crippen LogP contribution in [0.25, 0.3) is 0 Å². The fraction of sp³-hybridized carbons (Fsp3) is 0.409. The molecule has 1 aromatic carbocycles. The molecule has 0 saturated carbocycles. The summed E-state index contributed by atoms with van der Waals surface area (Å²) in [6.45, 7) is 6.58. The van der Waals surface area contributed by atoms with Gasteiger partial charge in [-0.3, -0.25) is 5.10 Å². The molecule has 1 saturated heterocycles. The number of piperidine rings is 1. The zero-order valence-electron chi connectivity index (χ0n) is 18.1. The van der Waals surface area contributed by atoms with Crippen molar-refractivity contribution in [1.82, 2.24) is 25.1 Å². The van der Waals surface area contributed by atoms with Crippen molar-refractivity contribution in [3.63, 3.8) is 0 Å². The first-order valence-corrected chi connectivity index (χ1v) is 11.0. The number of hydrogen-bond acceptors (Lipinski definition) is 7. The van der Waals surface area contributed by atoms with Gasteiger partial charge in [0.25, 0.3) is 0 Å². The van der Waals surface area contributed by atoms with Crippen molar-refractivity contribution < 1.29 is 9.50 Å². The lowest BCUT2D eigenvalue weighted by Crippen LogP contribution is -2.35. The Morgan fingerprint density at radius 3 is 2.69 bits per heavy atom. The number of rotatable bonds is 7. The van der Waals surface area contributed by atoms with E-state index in [2.05, 4.69) is 35.7 Å². The van der Waals surface area contributed by atoms with E-state index in [0.717, 1.165) is 42.8 Å². The van der Waals surface area contributed by atoms with Crippen LogP contribution in [0.15, 0.2) is 24.4 Å². The summed E-state index contributed by atoms with van der Waals surface area (Å²) in [4.78, 5) is 10.8. The van der Waals surface area contributed by atoms with Crippen LogP contribution in [0.1, 0.15) is 35.6 Å². The number of aryl methyl sites for hydroxylation is 2. The second-order valence-corrected chi connectivity index (χ2v) is 8.51. The third-order valence-electron chi connectivity index (χ3n) is 5.74. The smallest absolute Gasteiger partial charge is 0.229 e. The maximum absolute atomic E-state index is 15.0. The van der Waals surface area contributed by atoms with E-state index < -0.39 is 0 Å². The fourth-order valence-corrected chi connectivity index (χ4v) is 4.22. The largest absolute Gasteiger partial charge is 0.395 e. The molecule has 1 aliphatic rings. The summed E-state index contributed by atoms with van der Waals surface area (Å²) < 4.78 is 15.0. The SMILES string of the molecule is Cc1cc(Nc2nc(Nc3cc(C)c(C4CCN(CCO)CC4)cc3F)ncc2Cl)n[nH]1. The molecule has 8 nitrogen and oxygen atoms in total. The minimum atomic E-state index is -0.348. The van der Waals surface area contributed by atoms with Gasteiger partial charge in [0, 0.05) is 18.3 Å². The molecule has 3 heterocycles. The number of halogens is 2. The lowest BCUT2D eigenvalue weighted by atomic mass is 9.86. The van der Waals surface area contributed by atoms with Gasteiger partial charge in [0.1, 0.15) is 10.8 Å². The zero-order valence-corrected chi connectivity index (χ0v) is 18.9. The van der Waals surface area contributed by atoms with Crippen LogP contribution in [0.3, 0.4) is 0 Å². The number of H-pyrrole nitrogens is 1. The molecule has 0 atom stereocenters. The molecule has 0 unspecified atom stereocenters. The highest BCUT2D eigenvalue weighted by Crippen LogP contribution is 2.33. The van der Waals surface area contributed by atoms with E-state index in [1.165, 1.54) is 6.20 Å². The molecule has 10 heteroatoms. The zero-order chi connectivity index (χ0) is 22.7. The van der Waals surface area contributed by atoms with Gasteiger partial charge in [-0.1, -0.05) is 11.6 Å². The topological polar surface area (TPSA) is 102 Å². The Labute approximate surface area is 191 Å². The van der Waals surface area contributed by atoms with E-state index in [-0.39, 0.29) is 18.4 Å². The number of likely N-dealkylation sites (tertiary alicyclic amines) is 1. The number of aromatic nitrogens is 4. The van der Waals surface area contributed by atoms with Crippen molar-refractivity contribution in [3.8, 4) is 0 Å². The van der Waals surface area contributed by atoms with Crippen LogP contribution in [0.4, 0.5) is 27.7 Å². The van der Waals surface area contributed by atoms with E-state index >= 15 is 0 Å². The average Bonchev–Trinajstić information content (AvgIpc) is 3.18. The molecule has 0 radical (unpaired) electrons. The van der Waals surface area contributed by atoms with Gasteiger partial charge in [-0.25, -0.2) is 9.37 Å². The van der Waals surface area contributed by atoms with Gasteiger partial charge < -0.3 is 20.6 Å². The standard InChI is InChI=1S/C22H27ClFN7O/c1-13-9-19(18(24)11-16(13)15-3-5-31(6-4-15)7-8-32)26-22-25-12-17(23)21(28-22)27-20-10-14(2)29-30-20/h9-12,15,32H,3-8H2,1-2H3,(H3,25,26,27,28,29,30). The Kier molecular flexibility index (Phi) is 6.88. The van der Waals surface area contributed by atoms with Crippen molar-refractivity contribution in [2.75, 3.05) is 36.9 Å². The number of nitrogens with zero attached hydrogens (tertiary/aromatic N) is 4. The highest BCUT2D eigenvalue weighted by atomic mass is 35.5. The minimum Gasteiger partial charge on any atom is -0.395 e. The van der Waals surface area contributed by atoms with Gasteiger partial charge in [0.15, 0.2) is 11.6 Å². The molecule has 3 aromatic rings. The van der Waals surface area contributed by atoms with Gasteiger partial charge >= 0.3 is 0 Å². The van der Waals surface area contributed by atoms with E-state index in [4.69, 9.17) is 16.7 Å². The summed E-state index contributed by atoms with van der Waals surface area (Å²) in [6, 6.07) is 5.24. The molecule has 0 amide bonds. The summed E-state index contributed by atoms with van der Waals surface area (Å²) in [5.74, 6) is 1.14. The molecule has 0 aliphatic carbocycles. The average molecular weight is 460 g/mol. The Balaban J connectivity index is 1.49. The molecule has 4 N–H and O–H groups in total. The molecule has 170 valence electrons. The fourth-order valence-electron chi connectivity index (χ4n) is 4.08. The lowest BCUT2D eigenvalue weighted by Gasteiger charge is -2.32. The minimum absolute atomic E-state index is 0.171. The molecular formula is C22H27ClFN7O. The van der Waals surface area contributed by atoms with Crippen LogP contribution in [-0.4, -0.2) is 56.4 Å². The third kappa shape index (κ3) is 5.17. The van der Waals surface area contributed by atoms with Crippen molar-refractivity contribution in [1.29, 1.82) is 0 Å². The first-order valence-electron chi connectivity index (χ1n) is 10.6. The quantitative estimate of drug-likeness (QED) is 0.418. The van der Waals surface area contributed by atoms with E-state index in [1.807, 2.05) is 19.9 Å². The molecule has 1 aliphatic heterocycles. The van der Waals surface area contributed by atoms with Gasteiger partial charge in [-0.2, -0.15) is 10.1 Å². The Bertz CT molecular complexity index is 1080. The summed E-state index contributed by atoms with van der Waals surface area (Å²) in [6.07, 6.45) is 3.36. The summed E-state index contributed by atoms with van der Waals surface area (Å²) in [5.41, 5.74) is 3.26. The van der Waals surface area contributed by atoms with Gasteiger partial charge in [-0.15, -0.1) is 0 Å². The molecule has 4 rings (SSSR count). The summed E-state index contributed by atoms with van der Waals surface area (Å²) >= 11 is 6.20. The first kappa shape index (κ1) is 22.4.